The van der Waals surface area contributed by atoms with E-state index in [2.05, 4.69) is 4.98 Å². The van der Waals surface area contributed by atoms with Gasteiger partial charge in [-0.15, -0.1) is 11.6 Å². The summed E-state index contributed by atoms with van der Waals surface area (Å²) < 4.78 is 16.6. The molecule has 3 rings (SSSR count). The minimum Gasteiger partial charge on any atom is -0.493 e. The summed E-state index contributed by atoms with van der Waals surface area (Å²) >= 11 is 6.06. The van der Waals surface area contributed by atoms with Gasteiger partial charge in [0.15, 0.2) is 0 Å². The highest BCUT2D eigenvalue weighted by Gasteiger charge is 2.16. The first kappa shape index (κ1) is 21.9. The van der Waals surface area contributed by atoms with Gasteiger partial charge in [-0.25, -0.2) is 4.98 Å². The van der Waals surface area contributed by atoms with Crippen LogP contribution in [0, 0.1) is 6.92 Å². The summed E-state index contributed by atoms with van der Waals surface area (Å²) in [7, 11) is 0. The average Bonchev–Trinajstić information content (AvgIpc) is 3.14. The number of hydrogen-bond donors (Lipinski definition) is 0. The Bertz CT molecular complexity index is 938. The Morgan fingerprint density at radius 1 is 1.10 bits per heavy atom. The number of aryl methyl sites for hydroxylation is 2. The lowest BCUT2D eigenvalue weighted by atomic mass is 10.1. The number of hydrogen-bond acceptors (Lipinski definition) is 5. The first-order valence-electron chi connectivity index (χ1n) is 10.1. The van der Waals surface area contributed by atoms with Gasteiger partial charge in [-0.05, 0) is 56.5 Å². The van der Waals surface area contributed by atoms with Crippen LogP contribution in [0.4, 0.5) is 0 Å². The van der Waals surface area contributed by atoms with Crippen molar-refractivity contribution in [3.8, 4) is 17.2 Å². The summed E-state index contributed by atoms with van der Waals surface area (Å²) in [6.45, 7) is 4.54. The van der Waals surface area contributed by atoms with Gasteiger partial charge < -0.3 is 13.9 Å². The van der Waals surface area contributed by atoms with Gasteiger partial charge in [0.1, 0.15) is 16.9 Å². The molecule has 1 heterocycles. The smallest absolute Gasteiger partial charge is 0.324 e. The zero-order valence-electron chi connectivity index (χ0n) is 17.3. The summed E-state index contributed by atoms with van der Waals surface area (Å²) in [5, 5.41) is -0.618. The van der Waals surface area contributed by atoms with Crippen molar-refractivity contribution in [3.05, 3.63) is 71.6 Å². The molecule has 0 aliphatic heterocycles. The number of carbonyl (C=O) groups excluding carboxylic acids is 1. The van der Waals surface area contributed by atoms with Gasteiger partial charge >= 0.3 is 5.97 Å². The number of rotatable bonds is 10. The minimum absolute atomic E-state index is 0.343. The quantitative estimate of drug-likeness (QED) is 0.321. The lowest BCUT2D eigenvalue weighted by Gasteiger charge is -2.09. The Kier molecular flexibility index (Phi) is 7.91. The number of carbonyl (C=O) groups is 1. The van der Waals surface area contributed by atoms with Crippen LogP contribution in [0.25, 0.3) is 11.5 Å². The summed E-state index contributed by atoms with van der Waals surface area (Å²) in [4.78, 5) is 16.2. The molecule has 0 N–H and O–H groups in total. The third-order valence-electron chi connectivity index (χ3n) is 4.67. The Morgan fingerprint density at radius 2 is 1.83 bits per heavy atom. The van der Waals surface area contributed by atoms with E-state index < -0.39 is 5.38 Å². The zero-order valence-corrected chi connectivity index (χ0v) is 18.0. The summed E-state index contributed by atoms with van der Waals surface area (Å²) in [5.41, 5.74) is 2.96. The SMILES string of the molecule is CCOC(=O)C(Cl)CCc1ccc(OCCc2nc(-c3ccccc3)oc2C)cc1. The molecule has 0 aliphatic rings. The molecule has 0 saturated carbocycles. The molecular formula is C24H26ClNO4. The molecule has 1 aromatic heterocycles. The summed E-state index contributed by atoms with van der Waals surface area (Å²) in [6.07, 6.45) is 1.90. The third-order valence-corrected chi connectivity index (χ3v) is 5.07. The second kappa shape index (κ2) is 10.8. The van der Waals surface area contributed by atoms with Gasteiger partial charge in [0.2, 0.25) is 5.89 Å². The van der Waals surface area contributed by atoms with Crippen molar-refractivity contribution >= 4 is 17.6 Å². The Labute approximate surface area is 182 Å². The van der Waals surface area contributed by atoms with Gasteiger partial charge in [0.05, 0.1) is 18.9 Å². The van der Waals surface area contributed by atoms with E-state index in [0.29, 0.717) is 38.4 Å². The molecule has 1 atom stereocenters. The monoisotopic (exact) mass is 427 g/mol. The van der Waals surface area contributed by atoms with Crippen LogP contribution in [0.5, 0.6) is 5.75 Å². The average molecular weight is 428 g/mol. The van der Waals surface area contributed by atoms with Gasteiger partial charge in [-0.2, -0.15) is 0 Å². The number of benzene rings is 2. The molecule has 0 aliphatic carbocycles. The van der Waals surface area contributed by atoms with Crippen molar-refractivity contribution < 1.29 is 18.7 Å². The number of nitrogens with zero attached hydrogens (tertiary/aromatic N) is 1. The molecule has 0 spiro atoms. The predicted octanol–water partition coefficient (Wildman–Crippen LogP) is 5.37. The highest BCUT2D eigenvalue weighted by Crippen LogP contribution is 2.22. The van der Waals surface area contributed by atoms with Crippen molar-refractivity contribution in [2.75, 3.05) is 13.2 Å². The van der Waals surface area contributed by atoms with Crippen LogP contribution in [0.3, 0.4) is 0 Å². The maximum Gasteiger partial charge on any atom is 0.324 e. The lowest BCUT2D eigenvalue weighted by molar-refractivity contribution is -0.142. The van der Waals surface area contributed by atoms with Crippen molar-refractivity contribution in [2.45, 2.75) is 38.5 Å². The van der Waals surface area contributed by atoms with Crippen molar-refractivity contribution in [3.63, 3.8) is 0 Å². The van der Waals surface area contributed by atoms with Gasteiger partial charge in [-0.3, -0.25) is 4.79 Å². The Hall–Kier alpha value is -2.79. The maximum absolute atomic E-state index is 11.6. The fourth-order valence-electron chi connectivity index (χ4n) is 3.03. The number of ether oxygens (including phenoxy) is 2. The van der Waals surface area contributed by atoms with E-state index in [1.165, 1.54) is 0 Å². The highest BCUT2D eigenvalue weighted by molar-refractivity contribution is 6.29. The molecule has 158 valence electrons. The van der Waals surface area contributed by atoms with Crippen LogP contribution in [0.15, 0.2) is 59.0 Å². The van der Waals surface area contributed by atoms with Crippen molar-refractivity contribution in [1.82, 2.24) is 4.98 Å². The number of esters is 1. The molecule has 0 saturated heterocycles. The van der Waals surface area contributed by atoms with E-state index in [1.807, 2.05) is 61.5 Å². The third kappa shape index (κ3) is 6.10. The first-order chi connectivity index (χ1) is 14.6. The van der Waals surface area contributed by atoms with E-state index in [0.717, 1.165) is 28.3 Å². The molecule has 0 fully saturated rings. The van der Waals surface area contributed by atoms with E-state index in [4.69, 9.17) is 25.5 Å². The maximum atomic E-state index is 11.6. The first-order valence-corrected chi connectivity index (χ1v) is 10.5. The Morgan fingerprint density at radius 3 is 2.53 bits per heavy atom. The molecule has 3 aromatic rings. The van der Waals surface area contributed by atoms with Crippen LogP contribution in [0.1, 0.15) is 30.4 Å². The predicted molar refractivity (Wildman–Crippen MR) is 117 cm³/mol. The number of aromatic nitrogens is 1. The van der Waals surface area contributed by atoms with Crippen LogP contribution >= 0.6 is 11.6 Å². The second-order valence-electron chi connectivity index (χ2n) is 6.89. The van der Waals surface area contributed by atoms with Gasteiger partial charge in [-0.1, -0.05) is 30.3 Å². The number of oxazole rings is 1. The van der Waals surface area contributed by atoms with Crippen LogP contribution in [0.2, 0.25) is 0 Å². The second-order valence-corrected chi connectivity index (χ2v) is 7.42. The van der Waals surface area contributed by atoms with E-state index in [9.17, 15) is 4.79 Å². The molecule has 6 heteroatoms. The Balaban J connectivity index is 1.47. The van der Waals surface area contributed by atoms with Gasteiger partial charge in [0.25, 0.3) is 0 Å². The molecule has 0 bridgehead atoms. The van der Waals surface area contributed by atoms with E-state index >= 15 is 0 Å². The number of alkyl halides is 1. The standard InChI is InChI=1S/C24H26ClNO4/c1-3-28-24(27)21(25)14-11-18-9-12-20(13-10-18)29-16-15-22-17(2)30-23(26-22)19-7-5-4-6-8-19/h4-10,12-13,21H,3,11,14-16H2,1-2H3. The van der Waals surface area contributed by atoms with E-state index in [-0.39, 0.29) is 5.97 Å². The highest BCUT2D eigenvalue weighted by atomic mass is 35.5. The number of halogens is 1. The summed E-state index contributed by atoms with van der Waals surface area (Å²) in [6, 6.07) is 17.7. The minimum atomic E-state index is -0.618. The molecule has 0 amide bonds. The molecule has 2 aromatic carbocycles. The summed E-state index contributed by atoms with van der Waals surface area (Å²) in [5.74, 6) is 1.87. The molecule has 1 unspecified atom stereocenters. The zero-order chi connectivity index (χ0) is 21.3. The van der Waals surface area contributed by atoms with Crippen LogP contribution < -0.4 is 4.74 Å². The normalized spacial score (nSPS) is 11.8. The largest absolute Gasteiger partial charge is 0.493 e. The van der Waals surface area contributed by atoms with Crippen molar-refractivity contribution in [2.24, 2.45) is 0 Å². The van der Waals surface area contributed by atoms with Crippen molar-refractivity contribution in [1.29, 1.82) is 0 Å². The van der Waals surface area contributed by atoms with E-state index in [1.54, 1.807) is 6.92 Å². The molecule has 30 heavy (non-hydrogen) atoms. The topological polar surface area (TPSA) is 61.6 Å². The van der Waals surface area contributed by atoms with Crippen LogP contribution in [-0.4, -0.2) is 29.5 Å². The molecule has 0 radical (unpaired) electrons. The van der Waals surface area contributed by atoms with Gasteiger partial charge in [0, 0.05) is 12.0 Å². The molecular weight excluding hydrogens is 402 g/mol. The fraction of sp³-hybridized carbons (Fsp3) is 0.333. The lowest BCUT2D eigenvalue weighted by Crippen LogP contribution is -2.18. The molecule has 5 nitrogen and oxygen atoms in total. The van der Waals surface area contributed by atoms with Crippen LogP contribution in [-0.2, 0) is 22.4 Å². The fourth-order valence-corrected chi connectivity index (χ4v) is 3.20.